The van der Waals surface area contributed by atoms with E-state index < -0.39 is 0 Å². The summed E-state index contributed by atoms with van der Waals surface area (Å²) in [6.07, 6.45) is 5.58. The number of aromatic nitrogens is 2. The Morgan fingerprint density at radius 2 is 2.26 bits per heavy atom. The van der Waals surface area contributed by atoms with Crippen molar-refractivity contribution in [3.05, 3.63) is 51.5 Å². The second-order valence-electron chi connectivity index (χ2n) is 4.49. The Morgan fingerprint density at radius 3 is 3.00 bits per heavy atom. The van der Waals surface area contributed by atoms with Gasteiger partial charge in [0.15, 0.2) is 0 Å². The fourth-order valence-corrected chi connectivity index (χ4v) is 2.74. The van der Waals surface area contributed by atoms with Gasteiger partial charge in [-0.05, 0) is 34.0 Å². The Kier molecular flexibility index (Phi) is 5.02. The molecule has 2 rings (SSSR count). The molecule has 0 saturated carbocycles. The predicted octanol–water partition coefficient (Wildman–Crippen LogP) is 3.95. The van der Waals surface area contributed by atoms with E-state index in [1.165, 1.54) is 0 Å². The maximum absolute atomic E-state index is 6.28. The lowest BCUT2D eigenvalue weighted by atomic mass is 10.0. The number of benzene rings is 1. The first-order valence-electron chi connectivity index (χ1n) is 6.33. The summed E-state index contributed by atoms with van der Waals surface area (Å²) in [5.41, 5.74) is 7.21. The molecule has 1 aromatic carbocycles. The Bertz CT molecular complexity index is 553. The minimum atomic E-state index is -0.150. The number of hydrogen-bond donors (Lipinski definition) is 1. The van der Waals surface area contributed by atoms with Crippen molar-refractivity contribution in [3.8, 4) is 0 Å². The monoisotopic (exact) mass is 341 g/mol. The third kappa shape index (κ3) is 3.38. The van der Waals surface area contributed by atoms with Crippen LogP contribution in [0.5, 0.6) is 0 Å². The number of nitrogens with zero attached hydrogens (tertiary/aromatic N) is 2. The van der Waals surface area contributed by atoms with E-state index >= 15 is 0 Å². The average Bonchev–Trinajstić information content (AvgIpc) is 2.80. The van der Waals surface area contributed by atoms with Gasteiger partial charge < -0.3 is 10.3 Å². The molecule has 0 aliphatic carbocycles. The quantitative estimate of drug-likeness (QED) is 0.894. The van der Waals surface area contributed by atoms with Crippen LogP contribution in [-0.4, -0.2) is 9.55 Å². The molecule has 1 heterocycles. The highest BCUT2D eigenvalue weighted by Crippen LogP contribution is 2.30. The van der Waals surface area contributed by atoms with E-state index in [1.54, 1.807) is 0 Å². The van der Waals surface area contributed by atoms with Crippen LogP contribution in [0.4, 0.5) is 0 Å². The standard InChI is InChI=1S/C14H17BrClN3/c1-2-7-19-8-6-18-13(19)9-12(17)10-4-3-5-11(15)14(10)16/h3-6,8,12H,2,7,9,17H2,1H3. The van der Waals surface area contributed by atoms with E-state index in [0.717, 1.165) is 28.8 Å². The molecule has 19 heavy (non-hydrogen) atoms. The summed E-state index contributed by atoms with van der Waals surface area (Å²) in [7, 11) is 0. The molecule has 0 spiro atoms. The number of hydrogen-bond acceptors (Lipinski definition) is 2. The zero-order valence-corrected chi connectivity index (χ0v) is 13.2. The van der Waals surface area contributed by atoms with Crippen molar-refractivity contribution in [3.63, 3.8) is 0 Å². The van der Waals surface area contributed by atoms with Gasteiger partial charge >= 0.3 is 0 Å². The molecular formula is C14H17BrClN3. The molecule has 1 atom stereocenters. The summed E-state index contributed by atoms with van der Waals surface area (Å²) >= 11 is 9.70. The molecule has 2 N–H and O–H groups in total. The van der Waals surface area contributed by atoms with E-state index in [4.69, 9.17) is 17.3 Å². The second kappa shape index (κ2) is 6.55. The lowest BCUT2D eigenvalue weighted by Gasteiger charge is -2.15. The fraction of sp³-hybridized carbons (Fsp3) is 0.357. The Hall–Kier alpha value is -0.840. The zero-order valence-electron chi connectivity index (χ0n) is 10.8. The minimum Gasteiger partial charge on any atom is -0.335 e. The van der Waals surface area contributed by atoms with Crippen LogP contribution in [0, 0.1) is 0 Å². The van der Waals surface area contributed by atoms with Gasteiger partial charge in [-0.2, -0.15) is 0 Å². The van der Waals surface area contributed by atoms with Gasteiger partial charge in [0.1, 0.15) is 5.82 Å². The Balaban J connectivity index is 2.18. The van der Waals surface area contributed by atoms with E-state index in [-0.39, 0.29) is 6.04 Å². The number of halogens is 2. The van der Waals surface area contributed by atoms with Crippen molar-refractivity contribution < 1.29 is 0 Å². The van der Waals surface area contributed by atoms with E-state index in [1.807, 2.05) is 30.6 Å². The predicted molar refractivity (Wildman–Crippen MR) is 82.3 cm³/mol. The molecule has 0 aliphatic rings. The maximum atomic E-state index is 6.28. The smallest absolute Gasteiger partial charge is 0.110 e. The highest BCUT2D eigenvalue weighted by Gasteiger charge is 2.15. The first-order chi connectivity index (χ1) is 9.13. The van der Waals surface area contributed by atoms with Gasteiger partial charge in [0, 0.05) is 35.9 Å². The van der Waals surface area contributed by atoms with E-state index in [9.17, 15) is 0 Å². The summed E-state index contributed by atoms with van der Waals surface area (Å²) in [6.45, 7) is 3.11. The Labute approximate surface area is 126 Å². The molecule has 3 nitrogen and oxygen atoms in total. The third-order valence-electron chi connectivity index (χ3n) is 3.05. The molecule has 0 saturated heterocycles. The lowest BCUT2D eigenvalue weighted by molar-refractivity contribution is 0.599. The van der Waals surface area contributed by atoms with Crippen LogP contribution >= 0.6 is 27.5 Å². The molecule has 1 aromatic heterocycles. The van der Waals surface area contributed by atoms with E-state index in [2.05, 4.69) is 32.4 Å². The maximum Gasteiger partial charge on any atom is 0.110 e. The van der Waals surface area contributed by atoms with Gasteiger partial charge in [-0.15, -0.1) is 0 Å². The Morgan fingerprint density at radius 1 is 1.47 bits per heavy atom. The molecule has 0 radical (unpaired) electrons. The number of aryl methyl sites for hydroxylation is 1. The van der Waals surface area contributed by atoms with Crippen molar-refractivity contribution in [2.75, 3.05) is 0 Å². The first-order valence-corrected chi connectivity index (χ1v) is 7.50. The fourth-order valence-electron chi connectivity index (χ4n) is 2.09. The zero-order chi connectivity index (χ0) is 13.8. The number of rotatable bonds is 5. The van der Waals surface area contributed by atoms with Crippen molar-refractivity contribution in [1.82, 2.24) is 9.55 Å². The minimum absolute atomic E-state index is 0.150. The third-order valence-corrected chi connectivity index (χ3v) is 4.36. The normalized spacial score (nSPS) is 12.6. The molecule has 1 unspecified atom stereocenters. The van der Waals surface area contributed by atoms with Gasteiger partial charge in [0.25, 0.3) is 0 Å². The topological polar surface area (TPSA) is 43.8 Å². The molecule has 0 fully saturated rings. The van der Waals surface area contributed by atoms with Crippen LogP contribution in [0.15, 0.2) is 35.1 Å². The van der Waals surface area contributed by atoms with Gasteiger partial charge in [-0.3, -0.25) is 0 Å². The van der Waals surface area contributed by atoms with Crippen LogP contribution in [0.2, 0.25) is 5.02 Å². The lowest BCUT2D eigenvalue weighted by Crippen LogP contribution is -2.17. The summed E-state index contributed by atoms with van der Waals surface area (Å²) in [4.78, 5) is 4.38. The van der Waals surface area contributed by atoms with Gasteiger partial charge in [0.2, 0.25) is 0 Å². The van der Waals surface area contributed by atoms with Crippen molar-refractivity contribution in [1.29, 1.82) is 0 Å². The van der Waals surface area contributed by atoms with Gasteiger partial charge in [0.05, 0.1) is 5.02 Å². The molecule has 0 bridgehead atoms. The SMILES string of the molecule is CCCn1ccnc1CC(N)c1cccc(Br)c1Cl. The van der Waals surface area contributed by atoms with Crippen molar-refractivity contribution in [2.24, 2.45) is 5.73 Å². The number of nitrogens with two attached hydrogens (primary N) is 1. The molecule has 5 heteroatoms. The van der Waals surface area contributed by atoms with E-state index in [0.29, 0.717) is 11.4 Å². The van der Waals surface area contributed by atoms with Gasteiger partial charge in [-0.25, -0.2) is 4.98 Å². The van der Waals surface area contributed by atoms with Crippen LogP contribution in [0.25, 0.3) is 0 Å². The molecule has 0 amide bonds. The van der Waals surface area contributed by atoms with Crippen molar-refractivity contribution in [2.45, 2.75) is 32.4 Å². The molecule has 2 aromatic rings. The summed E-state index contributed by atoms with van der Waals surface area (Å²) in [5, 5.41) is 0.684. The molecule has 0 aliphatic heterocycles. The molecule has 102 valence electrons. The highest BCUT2D eigenvalue weighted by molar-refractivity contribution is 9.10. The van der Waals surface area contributed by atoms with Crippen LogP contribution in [0.1, 0.15) is 30.8 Å². The van der Waals surface area contributed by atoms with Crippen molar-refractivity contribution >= 4 is 27.5 Å². The number of imidazole rings is 1. The van der Waals surface area contributed by atoms with Crippen LogP contribution in [-0.2, 0) is 13.0 Å². The summed E-state index contributed by atoms with van der Waals surface area (Å²) < 4.78 is 3.02. The summed E-state index contributed by atoms with van der Waals surface area (Å²) in [6, 6.07) is 5.67. The van der Waals surface area contributed by atoms with Crippen LogP contribution in [0.3, 0.4) is 0 Å². The largest absolute Gasteiger partial charge is 0.335 e. The van der Waals surface area contributed by atoms with Crippen LogP contribution < -0.4 is 5.73 Å². The second-order valence-corrected chi connectivity index (χ2v) is 5.72. The molecular weight excluding hydrogens is 326 g/mol. The highest BCUT2D eigenvalue weighted by atomic mass is 79.9. The van der Waals surface area contributed by atoms with Gasteiger partial charge in [-0.1, -0.05) is 30.7 Å². The first kappa shape index (κ1) is 14.6. The average molecular weight is 343 g/mol. The summed E-state index contributed by atoms with van der Waals surface area (Å²) in [5.74, 6) is 1.00.